The minimum atomic E-state index is -3.95. The average molecular weight is 478 g/mol. The average Bonchev–Trinajstić information content (AvgIpc) is 2.78. The highest BCUT2D eigenvalue weighted by molar-refractivity contribution is 7.92. The molecule has 0 unspecified atom stereocenters. The van der Waals surface area contributed by atoms with Crippen molar-refractivity contribution in [3.8, 4) is 0 Å². The second kappa shape index (κ2) is 11.2. The van der Waals surface area contributed by atoms with E-state index in [0.717, 1.165) is 41.5 Å². The quantitative estimate of drug-likeness (QED) is 0.551. The monoisotopic (exact) mass is 477 g/mol. The maximum absolute atomic E-state index is 13.5. The highest BCUT2D eigenvalue weighted by Gasteiger charge is 2.28. The van der Waals surface area contributed by atoms with Crippen LogP contribution in [0.1, 0.15) is 36.8 Å². The third kappa shape index (κ3) is 6.47. The molecule has 1 fully saturated rings. The van der Waals surface area contributed by atoms with Gasteiger partial charge in [-0.15, -0.1) is 0 Å². The molecule has 0 spiro atoms. The first-order chi connectivity index (χ1) is 15.3. The van der Waals surface area contributed by atoms with E-state index in [4.69, 9.17) is 11.6 Å². The first-order valence-electron chi connectivity index (χ1n) is 11.1. The molecule has 32 heavy (non-hydrogen) atoms. The smallest absolute Gasteiger partial charge is 0.264 e. The van der Waals surface area contributed by atoms with Gasteiger partial charge in [-0.05, 0) is 82.6 Å². The summed E-state index contributed by atoms with van der Waals surface area (Å²) in [7, 11) is -3.95. The number of nitrogens with one attached hydrogen (secondary N) is 1. The van der Waals surface area contributed by atoms with Crippen LogP contribution >= 0.6 is 11.6 Å². The van der Waals surface area contributed by atoms with Gasteiger partial charge in [0.25, 0.3) is 10.0 Å². The number of sulfonamides is 1. The van der Waals surface area contributed by atoms with E-state index in [1.54, 1.807) is 49.4 Å². The Kier molecular flexibility index (Phi) is 8.57. The third-order valence-electron chi connectivity index (χ3n) is 5.76. The van der Waals surface area contributed by atoms with E-state index >= 15 is 0 Å². The van der Waals surface area contributed by atoms with Gasteiger partial charge in [0.05, 0.1) is 10.6 Å². The standard InChI is InChI=1S/C24H32ClN3O3S/c1-19-7-11-22(12-8-19)32(30,31)28(23-17-21(25)10-9-20(23)2)18-24(29)26-13-6-16-27-14-4-3-5-15-27/h7-12,17H,3-6,13-16,18H2,1-2H3,(H,26,29). The molecule has 0 atom stereocenters. The summed E-state index contributed by atoms with van der Waals surface area (Å²) in [4.78, 5) is 15.3. The minimum absolute atomic E-state index is 0.139. The number of hydrogen-bond donors (Lipinski definition) is 1. The van der Waals surface area contributed by atoms with Crippen LogP contribution in [0.15, 0.2) is 47.4 Å². The fraction of sp³-hybridized carbons (Fsp3) is 0.458. The van der Waals surface area contributed by atoms with Crippen LogP contribution in [-0.2, 0) is 14.8 Å². The lowest BCUT2D eigenvalue weighted by Crippen LogP contribution is -2.42. The van der Waals surface area contributed by atoms with Gasteiger partial charge < -0.3 is 10.2 Å². The van der Waals surface area contributed by atoms with Gasteiger partial charge >= 0.3 is 0 Å². The molecule has 0 aliphatic carbocycles. The molecular weight excluding hydrogens is 446 g/mol. The van der Waals surface area contributed by atoms with Crippen molar-refractivity contribution < 1.29 is 13.2 Å². The van der Waals surface area contributed by atoms with Crippen molar-refractivity contribution >= 4 is 33.2 Å². The molecule has 3 rings (SSSR count). The molecule has 0 radical (unpaired) electrons. The Balaban J connectivity index is 1.73. The number of carbonyl (C=O) groups excluding carboxylic acids is 1. The van der Waals surface area contributed by atoms with E-state index in [0.29, 0.717) is 17.3 Å². The molecule has 1 heterocycles. The maximum Gasteiger partial charge on any atom is 0.264 e. The van der Waals surface area contributed by atoms with Crippen molar-refractivity contribution in [2.75, 3.05) is 37.0 Å². The van der Waals surface area contributed by atoms with Gasteiger partial charge in [-0.3, -0.25) is 9.10 Å². The first kappa shape index (κ1) is 24.6. The molecule has 1 saturated heterocycles. The van der Waals surface area contributed by atoms with Gasteiger partial charge in [-0.2, -0.15) is 0 Å². The van der Waals surface area contributed by atoms with Crippen molar-refractivity contribution in [1.82, 2.24) is 10.2 Å². The summed E-state index contributed by atoms with van der Waals surface area (Å²) in [5, 5.41) is 3.30. The van der Waals surface area contributed by atoms with Gasteiger partial charge in [-0.1, -0.05) is 41.8 Å². The van der Waals surface area contributed by atoms with Crippen molar-refractivity contribution in [3.05, 3.63) is 58.6 Å². The van der Waals surface area contributed by atoms with Crippen molar-refractivity contribution in [1.29, 1.82) is 0 Å². The second-order valence-corrected chi connectivity index (χ2v) is 10.7. The molecule has 1 amide bonds. The van der Waals surface area contributed by atoms with Gasteiger partial charge in [0.1, 0.15) is 6.54 Å². The van der Waals surface area contributed by atoms with E-state index in [1.165, 1.54) is 19.3 Å². The van der Waals surface area contributed by atoms with Crippen LogP contribution in [0.4, 0.5) is 5.69 Å². The first-order valence-corrected chi connectivity index (χ1v) is 12.9. The molecule has 1 aliphatic heterocycles. The largest absolute Gasteiger partial charge is 0.354 e. The number of benzene rings is 2. The Morgan fingerprint density at radius 1 is 1.06 bits per heavy atom. The van der Waals surface area contributed by atoms with Gasteiger partial charge in [0.2, 0.25) is 5.91 Å². The molecule has 0 aromatic heterocycles. The highest BCUT2D eigenvalue weighted by atomic mass is 35.5. The van der Waals surface area contributed by atoms with Crippen LogP contribution in [0.25, 0.3) is 0 Å². The number of amides is 1. The number of rotatable bonds is 9. The fourth-order valence-electron chi connectivity index (χ4n) is 3.89. The van der Waals surface area contributed by atoms with E-state index in [2.05, 4.69) is 10.2 Å². The minimum Gasteiger partial charge on any atom is -0.354 e. The van der Waals surface area contributed by atoms with Crippen molar-refractivity contribution in [2.24, 2.45) is 0 Å². The third-order valence-corrected chi connectivity index (χ3v) is 7.77. The van der Waals surface area contributed by atoms with Crippen LogP contribution in [0, 0.1) is 13.8 Å². The van der Waals surface area contributed by atoms with Crippen LogP contribution in [0.5, 0.6) is 0 Å². The molecule has 2 aromatic rings. The summed E-state index contributed by atoms with van der Waals surface area (Å²) in [6, 6.07) is 11.7. The summed E-state index contributed by atoms with van der Waals surface area (Å²) in [5.41, 5.74) is 2.09. The number of likely N-dealkylation sites (tertiary alicyclic amines) is 1. The lowest BCUT2D eigenvalue weighted by atomic mass is 10.1. The number of aryl methyl sites for hydroxylation is 2. The van der Waals surface area contributed by atoms with Crippen LogP contribution in [0.3, 0.4) is 0 Å². The number of piperidine rings is 1. The zero-order valence-electron chi connectivity index (χ0n) is 18.8. The Bertz CT molecular complexity index is 1020. The summed E-state index contributed by atoms with van der Waals surface area (Å²) in [6.07, 6.45) is 4.60. The number of carbonyl (C=O) groups is 1. The zero-order chi connectivity index (χ0) is 23.1. The predicted octanol–water partition coefficient (Wildman–Crippen LogP) is 4.14. The lowest BCUT2D eigenvalue weighted by molar-refractivity contribution is -0.119. The van der Waals surface area contributed by atoms with Crippen LogP contribution in [-0.4, -0.2) is 51.9 Å². The van der Waals surface area contributed by atoms with Gasteiger partial charge in [0.15, 0.2) is 0 Å². The Labute approximate surface area is 196 Å². The van der Waals surface area contributed by atoms with Crippen molar-refractivity contribution in [3.63, 3.8) is 0 Å². The van der Waals surface area contributed by atoms with E-state index in [-0.39, 0.29) is 17.3 Å². The topological polar surface area (TPSA) is 69.7 Å². The molecule has 6 nitrogen and oxygen atoms in total. The molecule has 174 valence electrons. The number of hydrogen-bond acceptors (Lipinski definition) is 4. The molecular formula is C24H32ClN3O3S. The predicted molar refractivity (Wildman–Crippen MR) is 130 cm³/mol. The van der Waals surface area contributed by atoms with Crippen LogP contribution in [0.2, 0.25) is 5.02 Å². The summed E-state index contributed by atoms with van der Waals surface area (Å²) >= 11 is 6.16. The Hall–Kier alpha value is -2.09. The maximum atomic E-state index is 13.5. The van der Waals surface area contributed by atoms with Gasteiger partial charge in [0, 0.05) is 11.6 Å². The van der Waals surface area contributed by atoms with Crippen molar-refractivity contribution in [2.45, 2.75) is 44.4 Å². The normalized spacial score (nSPS) is 14.8. The molecule has 0 saturated carbocycles. The molecule has 0 bridgehead atoms. The number of halogens is 1. The molecule has 2 aromatic carbocycles. The molecule has 1 N–H and O–H groups in total. The zero-order valence-corrected chi connectivity index (χ0v) is 20.4. The second-order valence-electron chi connectivity index (χ2n) is 8.36. The van der Waals surface area contributed by atoms with E-state index in [9.17, 15) is 13.2 Å². The Morgan fingerprint density at radius 3 is 2.44 bits per heavy atom. The fourth-order valence-corrected chi connectivity index (χ4v) is 5.53. The van der Waals surface area contributed by atoms with E-state index in [1.807, 2.05) is 6.92 Å². The van der Waals surface area contributed by atoms with Gasteiger partial charge in [-0.25, -0.2) is 8.42 Å². The Morgan fingerprint density at radius 2 is 1.75 bits per heavy atom. The molecule has 1 aliphatic rings. The number of anilines is 1. The molecule has 8 heteroatoms. The van der Waals surface area contributed by atoms with E-state index < -0.39 is 10.0 Å². The summed E-state index contributed by atoms with van der Waals surface area (Å²) < 4.78 is 28.1. The number of nitrogens with zero attached hydrogens (tertiary/aromatic N) is 2. The van der Waals surface area contributed by atoms with Crippen LogP contribution < -0.4 is 9.62 Å². The lowest BCUT2D eigenvalue weighted by Gasteiger charge is -2.27. The summed E-state index contributed by atoms with van der Waals surface area (Å²) in [6.45, 7) is 7.09. The SMILES string of the molecule is Cc1ccc(S(=O)(=O)N(CC(=O)NCCCN2CCCCC2)c2cc(Cl)ccc2C)cc1. The highest BCUT2D eigenvalue weighted by Crippen LogP contribution is 2.29. The summed E-state index contributed by atoms with van der Waals surface area (Å²) in [5.74, 6) is -0.335.